The van der Waals surface area contributed by atoms with Gasteiger partial charge in [0.25, 0.3) is 0 Å². The van der Waals surface area contributed by atoms with Gasteiger partial charge in [-0.2, -0.15) is 0 Å². The summed E-state index contributed by atoms with van der Waals surface area (Å²) in [6.07, 6.45) is 8.02. The molecule has 0 radical (unpaired) electrons. The Morgan fingerprint density at radius 2 is 2.33 bits per heavy atom. The van der Waals surface area contributed by atoms with Crippen molar-refractivity contribution in [1.82, 2.24) is 14.5 Å². The van der Waals surface area contributed by atoms with Crippen LogP contribution in [0, 0.1) is 0 Å². The summed E-state index contributed by atoms with van der Waals surface area (Å²) in [6, 6.07) is 3.43. The fourth-order valence-corrected chi connectivity index (χ4v) is 2.34. The molecule has 0 aliphatic heterocycles. The molecule has 0 unspecified atom stereocenters. The van der Waals surface area contributed by atoms with Crippen molar-refractivity contribution in [3.8, 4) is 0 Å². The minimum atomic E-state index is -0.990. The minimum absolute atomic E-state index is 0.0922. The summed E-state index contributed by atoms with van der Waals surface area (Å²) >= 11 is 1.64. The van der Waals surface area contributed by atoms with Crippen LogP contribution in [0.3, 0.4) is 0 Å². The molecule has 0 aliphatic rings. The molecule has 2 heterocycles. The molecule has 0 aliphatic carbocycles. The average molecular weight is 263 g/mol. The molecule has 6 heteroatoms. The van der Waals surface area contributed by atoms with Gasteiger partial charge < -0.3 is 9.67 Å². The third kappa shape index (κ3) is 3.59. The summed E-state index contributed by atoms with van der Waals surface area (Å²) in [5.74, 6) is -0.0581. The number of pyridine rings is 1. The SMILES string of the molecule is O=C(O)c1cc(SCCCn2ccnc2)ccn1. The quantitative estimate of drug-likeness (QED) is 0.639. The maximum absolute atomic E-state index is 10.8. The van der Waals surface area contributed by atoms with Gasteiger partial charge >= 0.3 is 5.97 Å². The summed E-state index contributed by atoms with van der Waals surface area (Å²) in [6.45, 7) is 0.921. The summed E-state index contributed by atoms with van der Waals surface area (Å²) in [4.78, 5) is 19.4. The molecule has 0 aromatic carbocycles. The Morgan fingerprint density at radius 3 is 3.06 bits per heavy atom. The summed E-state index contributed by atoms with van der Waals surface area (Å²) in [5, 5.41) is 8.82. The van der Waals surface area contributed by atoms with Gasteiger partial charge in [0.1, 0.15) is 5.69 Å². The van der Waals surface area contributed by atoms with Gasteiger partial charge in [0.05, 0.1) is 6.33 Å². The van der Waals surface area contributed by atoms with Crippen LogP contribution in [0.1, 0.15) is 16.9 Å². The lowest BCUT2D eigenvalue weighted by Crippen LogP contribution is -1.99. The van der Waals surface area contributed by atoms with E-state index in [1.165, 1.54) is 6.20 Å². The van der Waals surface area contributed by atoms with Gasteiger partial charge in [-0.25, -0.2) is 14.8 Å². The molecule has 2 rings (SSSR count). The maximum Gasteiger partial charge on any atom is 0.354 e. The van der Waals surface area contributed by atoms with Gasteiger partial charge in [0, 0.05) is 30.0 Å². The van der Waals surface area contributed by atoms with Gasteiger partial charge in [-0.05, 0) is 24.3 Å². The van der Waals surface area contributed by atoms with Crippen LogP contribution in [-0.2, 0) is 6.54 Å². The average Bonchev–Trinajstić information content (AvgIpc) is 2.88. The normalized spacial score (nSPS) is 10.4. The molecule has 5 nitrogen and oxygen atoms in total. The fourth-order valence-electron chi connectivity index (χ4n) is 1.47. The number of carbonyl (C=O) groups is 1. The van der Waals surface area contributed by atoms with E-state index in [0.717, 1.165) is 23.6 Å². The first-order valence-corrected chi connectivity index (χ1v) is 6.52. The van der Waals surface area contributed by atoms with E-state index in [-0.39, 0.29) is 5.69 Å². The first-order valence-electron chi connectivity index (χ1n) is 5.53. The lowest BCUT2D eigenvalue weighted by Gasteiger charge is -2.03. The van der Waals surface area contributed by atoms with E-state index >= 15 is 0 Å². The number of aromatic carboxylic acids is 1. The van der Waals surface area contributed by atoms with Crippen LogP contribution >= 0.6 is 11.8 Å². The number of thioether (sulfide) groups is 1. The first kappa shape index (κ1) is 12.6. The van der Waals surface area contributed by atoms with E-state index < -0.39 is 5.97 Å². The van der Waals surface area contributed by atoms with Crippen LogP contribution in [0.2, 0.25) is 0 Å². The number of hydrogen-bond donors (Lipinski definition) is 1. The number of carboxylic acids is 1. The molecule has 1 N–H and O–H groups in total. The molecule has 0 atom stereocenters. The third-order valence-electron chi connectivity index (χ3n) is 2.34. The predicted octanol–water partition coefficient (Wildman–Crippen LogP) is 2.16. The van der Waals surface area contributed by atoms with Crippen molar-refractivity contribution in [1.29, 1.82) is 0 Å². The highest BCUT2D eigenvalue weighted by Gasteiger charge is 2.04. The first-order chi connectivity index (χ1) is 8.75. The number of nitrogens with zero attached hydrogens (tertiary/aromatic N) is 3. The fraction of sp³-hybridized carbons (Fsp3) is 0.250. The number of rotatable bonds is 6. The summed E-state index contributed by atoms with van der Waals surface area (Å²) < 4.78 is 2.02. The van der Waals surface area contributed by atoms with Crippen LogP contribution in [0.4, 0.5) is 0 Å². The highest BCUT2D eigenvalue weighted by Crippen LogP contribution is 2.19. The minimum Gasteiger partial charge on any atom is -0.477 e. The number of carboxylic acid groups (broad SMARTS) is 1. The lowest BCUT2D eigenvalue weighted by atomic mass is 10.3. The number of aryl methyl sites for hydroxylation is 1. The molecule has 0 bridgehead atoms. The molecule has 0 saturated heterocycles. The van der Waals surface area contributed by atoms with E-state index in [9.17, 15) is 4.79 Å². The standard InChI is InChI=1S/C12H13N3O2S/c16-12(17)11-8-10(2-3-14-11)18-7-1-5-15-6-4-13-9-15/h2-4,6,8-9H,1,5,7H2,(H,16,17). The van der Waals surface area contributed by atoms with Gasteiger partial charge in [-0.3, -0.25) is 0 Å². The van der Waals surface area contributed by atoms with Crippen molar-refractivity contribution in [2.75, 3.05) is 5.75 Å². The molecular weight excluding hydrogens is 250 g/mol. The largest absolute Gasteiger partial charge is 0.477 e. The van der Waals surface area contributed by atoms with Crippen LogP contribution in [0.5, 0.6) is 0 Å². The summed E-state index contributed by atoms with van der Waals surface area (Å²) in [7, 11) is 0. The molecule has 0 fully saturated rings. The second kappa shape index (κ2) is 6.20. The zero-order valence-corrected chi connectivity index (χ0v) is 10.5. The molecule has 2 aromatic rings. The third-order valence-corrected chi connectivity index (χ3v) is 3.42. The van der Waals surface area contributed by atoms with Gasteiger partial charge in [-0.1, -0.05) is 0 Å². The van der Waals surface area contributed by atoms with Crippen LogP contribution < -0.4 is 0 Å². The van der Waals surface area contributed by atoms with E-state index in [0.29, 0.717) is 0 Å². The van der Waals surface area contributed by atoms with Crippen LogP contribution in [0.15, 0.2) is 41.9 Å². The van der Waals surface area contributed by atoms with Crippen molar-refractivity contribution in [3.63, 3.8) is 0 Å². The van der Waals surface area contributed by atoms with Crippen molar-refractivity contribution in [2.45, 2.75) is 17.9 Å². The van der Waals surface area contributed by atoms with Crippen molar-refractivity contribution < 1.29 is 9.90 Å². The van der Waals surface area contributed by atoms with E-state index in [4.69, 9.17) is 5.11 Å². The molecule has 2 aromatic heterocycles. The Balaban J connectivity index is 1.79. The molecular formula is C12H13N3O2S. The monoisotopic (exact) mass is 263 g/mol. The Morgan fingerprint density at radius 1 is 1.44 bits per heavy atom. The van der Waals surface area contributed by atoms with Crippen LogP contribution in [-0.4, -0.2) is 31.4 Å². The highest BCUT2D eigenvalue weighted by atomic mass is 32.2. The van der Waals surface area contributed by atoms with Gasteiger partial charge in [0.2, 0.25) is 0 Å². The second-order valence-corrected chi connectivity index (χ2v) is 4.85. The predicted molar refractivity (Wildman–Crippen MR) is 68.8 cm³/mol. The molecule has 0 saturated carbocycles. The van der Waals surface area contributed by atoms with Crippen molar-refractivity contribution in [3.05, 3.63) is 42.7 Å². The van der Waals surface area contributed by atoms with E-state index in [1.807, 2.05) is 16.8 Å². The number of aromatic nitrogens is 3. The Kier molecular flexibility index (Phi) is 4.35. The molecule has 0 amide bonds. The number of hydrogen-bond acceptors (Lipinski definition) is 4. The molecule has 0 spiro atoms. The second-order valence-electron chi connectivity index (χ2n) is 3.68. The van der Waals surface area contributed by atoms with E-state index in [2.05, 4.69) is 9.97 Å². The van der Waals surface area contributed by atoms with E-state index in [1.54, 1.807) is 30.4 Å². The number of imidazole rings is 1. The Hall–Kier alpha value is -1.82. The van der Waals surface area contributed by atoms with Crippen LogP contribution in [0.25, 0.3) is 0 Å². The highest BCUT2D eigenvalue weighted by molar-refractivity contribution is 7.99. The van der Waals surface area contributed by atoms with Crippen molar-refractivity contribution in [2.24, 2.45) is 0 Å². The summed E-state index contributed by atoms with van der Waals surface area (Å²) in [5.41, 5.74) is 0.0922. The van der Waals surface area contributed by atoms with Crippen molar-refractivity contribution >= 4 is 17.7 Å². The molecule has 94 valence electrons. The maximum atomic E-state index is 10.8. The van der Waals surface area contributed by atoms with Gasteiger partial charge in [0.15, 0.2) is 0 Å². The zero-order valence-electron chi connectivity index (χ0n) is 9.69. The van der Waals surface area contributed by atoms with Gasteiger partial charge in [-0.15, -0.1) is 11.8 Å². The molecule has 18 heavy (non-hydrogen) atoms. The topological polar surface area (TPSA) is 68.0 Å². The Labute approximate surface area is 109 Å². The lowest BCUT2D eigenvalue weighted by molar-refractivity contribution is 0.0690. The Bertz CT molecular complexity index is 514. The smallest absolute Gasteiger partial charge is 0.354 e. The zero-order chi connectivity index (χ0) is 12.8.